The van der Waals surface area contributed by atoms with Crippen LogP contribution in [0.5, 0.6) is 5.75 Å². The third-order valence-electron chi connectivity index (χ3n) is 7.17. The van der Waals surface area contributed by atoms with E-state index in [2.05, 4.69) is 47.3 Å². The van der Waals surface area contributed by atoms with Gasteiger partial charge in [-0.2, -0.15) is 0 Å². The highest BCUT2D eigenvalue weighted by molar-refractivity contribution is 6.76. The number of hydrogen-bond donors (Lipinski definition) is 0. The molecule has 0 radical (unpaired) electrons. The first-order valence-electron chi connectivity index (χ1n) is 13.1. The van der Waals surface area contributed by atoms with E-state index in [-0.39, 0.29) is 6.79 Å². The summed E-state index contributed by atoms with van der Waals surface area (Å²) in [4.78, 5) is 4.80. The number of aryl methyl sites for hydroxylation is 1. The van der Waals surface area contributed by atoms with Crippen molar-refractivity contribution in [2.24, 2.45) is 0 Å². The number of ether oxygens (including phenoxy) is 2. The summed E-state index contributed by atoms with van der Waals surface area (Å²) in [5.74, 6) is -0.980. The molecule has 1 heterocycles. The quantitative estimate of drug-likeness (QED) is 0.156. The molecule has 0 spiro atoms. The zero-order valence-corrected chi connectivity index (χ0v) is 24.9. The summed E-state index contributed by atoms with van der Waals surface area (Å²) >= 11 is 0. The number of rotatable bonds is 12. The van der Waals surface area contributed by atoms with Gasteiger partial charge >= 0.3 is 0 Å². The fourth-order valence-electron chi connectivity index (χ4n) is 4.42. The number of halogens is 2. The van der Waals surface area contributed by atoms with Crippen LogP contribution in [0.2, 0.25) is 43.8 Å². The first-order valence-corrected chi connectivity index (χ1v) is 19.3. The van der Waals surface area contributed by atoms with Crippen LogP contribution in [0.15, 0.2) is 29.8 Å². The van der Waals surface area contributed by atoms with Crippen molar-refractivity contribution >= 4 is 22.2 Å². The lowest BCUT2D eigenvalue weighted by molar-refractivity contribution is 0.0173. The smallest absolute Gasteiger partial charge is 0.250 e. The lowest BCUT2D eigenvalue weighted by Gasteiger charge is -2.33. The topological polar surface area (TPSA) is 40.6 Å². The van der Waals surface area contributed by atoms with Crippen molar-refractivity contribution in [3.05, 3.63) is 52.7 Å². The summed E-state index contributed by atoms with van der Waals surface area (Å²) in [5, 5.41) is 0. The van der Waals surface area contributed by atoms with Crippen molar-refractivity contribution < 1.29 is 22.7 Å². The van der Waals surface area contributed by atoms with E-state index >= 15 is 0 Å². The molecule has 0 N–H and O–H groups in total. The molecule has 0 aliphatic heterocycles. The van der Waals surface area contributed by atoms with Crippen molar-refractivity contribution in [1.82, 2.24) is 4.98 Å². The zero-order valence-electron chi connectivity index (χ0n) is 22.9. The molecule has 0 saturated carbocycles. The minimum atomic E-state index is -1.85. The largest absolute Gasteiger partial charge is 0.543 e. The van der Waals surface area contributed by atoms with E-state index in [4.69, 9.17) is 18.9 Å². The summed E-state index contributed by atoms with van der Waals surface area (Å²) in [6.45, 7) is 15.9. The SMILES string of the molecule is CC[Si](CC)(CC)OC1=C(C)CCc2nc(-c3cc(F)c(OCOCC[Si](C)(C)C)c(F)c3)ccc21. The molecule has 1 aromatic carbocycles. The van der Waals surface area contributed by atoms with Gasteiger partial charge in [0.15, 0.2) is 24.2 Å². The van der Waals surface area contributed by atoms with Gasteiger partial charge in [-0.1, -0.05) is 40.4 Å². The lowest BCUT2D eigenvalue weighted by Crippen LogP contribution is -2.35. The van der Waals surface area contributed by atoms with Gasteiger partial charge in [0.1, 0.15) is 5.76 Å². The summed E-state index contributed by atoms with van der Waals surface area (Å²) < 4.78 is 47.0. The second-order valence-electron chi connectivity index (χ2n) is 10.9. The number of pyridine rings is 1. The molecule has 0 amide bonds. The molecule has 3 rings (SSSR count). The molecule has 0 atom stereocenters. The molecule has 198 valence electrons. The van der Waals surface area contributed by atoms with Gasteiger partial charge < -0.3 is 13.9 Å². The van der Waals surface area contributed by atoms with E-state index in [1.54, 1.807) is 0 Å². The lowest BCUT2D eigenvalue weighted by atomic mass is 9.94. The number of allylic oxidation sites excluding steroid dienone is 1. The summed E-state index contributed by atoms with van der Waals surface area (Å²) in [5.41, 5.74) is 4.08. The van der Waals surface area contributed by atoms with Gasteiger partial charge in [-0.25, -0.2) is 8.78 Å². The highest BCUT2D eigenvalue weighted by Crippen LogP contribution is 2.38. The molecule has 1 aliphatic carbocycles. The molecule has 2 aromatic rings. The third kappa shape index (κ3) is 6.83. The van der Waals surface area contributed by atoms with E-state index in [0.717, 1.165) is 54.0 Å². The molecule has 0 saturated heterocycles. The Bertz CT molecular complexity index is 1060. The van der Waals surface area contributed by atoms with E-state index < -0.39 is 33.8 Å². The highest BCUT2D eigenvalue weighted by atomic mass is 28.4. The Labute approximate surface area is 217 Å². The van der Waals surface area contributed by atoms with Crippen LogP contribution < -0.4 is 4.74 Å². The van der Waals surface area contributed by atoms with Crippen molar-refractivity contribution in [3.63, 3.8) is 0 Å². The van der Waals surface area contributed by atoms with Crippen LogP contribution in [0.3, 0.4) is 0 Å². The Morgan fingerprint density at radius 1 is 0.944 bits per heavy atom. The predicted octanol–water partition coefficient (Wildman–Crippen LogP) is 8.42. The maximum Gasteiger partial charge on any atom is 0.250 e. The molecule has 8 heteroatoms. The number of nitrogens with zero attached hydrogens (tertiary/aromatic N) is 1. The van der Waals surface area contributed by atoms with Crippen molar-refractivity contribution in [2.75, 3.05) is 13.4 Å². The Kier molecular flexibility index (Phi) is 9.52. The van der Waals surface area contributed by atoms with Crippen molar-refractivity contribution in [3.8, 4) is 17.0 Å². The molecular formula is C28H41F2NO3Si2. The molecule has 36 heavy (non-hydrogen) atoms. The van der Waals surface area contributed by atoms with Gasteiger partial charge in [-0.3, -0.25) is 4.98 Å². The molecule has 4 nitrogen and oxygen atoms in total. The summed E-state index contributed by atoms with van der Waals surface area (Å²) in [7, 11) is -3.08. The highest BCUT2D eigenvalue weighted by Gasteiger charge is 2.34. The Balaban J connectivity index is 1.79. The predicted molar refractivity (Wildman–Crippen MR) is 148 cm³/mol. The summed E-state index contributed by atoms with van der Waals surface area (Å²) in [6.07, 6.45) is 1.65. The summed E-state index contributed by atoms with van der Waals surface area (Å²) in [6, 6.07) is 10.5. The van der Waals surface area contributed by atoms with Crippen molar-refractivity contribution in [1.29, 1.82) is 0 Å². The number of aromatic nitrogens is 1. The van der Waals surface area contributed by atoms with Crippen molar-refractivity contribution in [2.45, 2.75) is 84.4 Å². The van der Waals surface area contributed by atoms with Crippen LogP contribution in [0.25, 0.3) is 17.0 Å². The van der Waals surface area contributed by atoms with Gasteiger partial charge in [0.25, 0.3) is 8.32 Å². The average molecular weight is 534 g/mol. The zero-order chi connectivity index (χ0) is 26.5. The first-order chi connectivity index (χ1) is 17.0. The van der Waals surface area contributed by atoms with E-state index in [1.165, 1.54) is 17.7 Å². The van der Waals surface area contributed by atoms with Gasteiger partial charge in [-0.05, 0) is 73.8 Å². The maximum absolute atomic E-state index is 14.8. The number of fused-ring (bicyclic) bond motifs is 1. The standard InChI is InChI=1S/C28H41F2NO3Si2/c1-8-36(9-2,10-3)34-27-20(4)11-13-26-22(27)12-14-25(31-26)21-17-23(29)28(24(30)18-21)33-19-32-15-16-35(5,6)7/h12,14,17-18H,8-11,13,15-16,19H2,1-7H3. The van der Waals surface area contributed by atoms with Gasteiger partial charge in [0.05, 0.1) is 11.4 Å². The van der Waals surface area contributed by atoms with E-state index in [1.807, 2.05) is 12.1 Å². The minimum Gasteiger partial charge on any atom is -0.543 e. The van der Waals surface area contributed by atoms with Gasteiger partial charge in [0, 0.05) is 25.8 Å². The normalized spacial score (nSPS) is 14.1. The van der Waals surface area contributed by atoms with Gasteiger partial charge in [0.2, 0.25) is 0 Å². The monoisotopic (exact) mass is 533 g/mol. The fraction of sp³-hybridized carbons (Fsp3) is 0.536. The Morgan fingerprint density at radius 3 is 2.17 bits per heavy atom. The van der Waals surface area contributed by atoms with Crippen LogP contribution in [0.4, 0.5) is 8.78 Å². The Hall–Kier alpha value is -2.04. The fourth-order valence-corrected chi connectivity index (χ4v) is 7.82. The average Bonchev–Trinajstić information content (AvgIpc) is 2.84. The second-order valence-corrected chi connectivity index (χ2v) is 21.2. The molecule has 0 unspecified atom stereocenters. The molecule has 0 fully saturated rings. The molecular weight excluding hydrogens is 492 g/mol. The van der Waals surface area contributed by atoms with Crippen LogP contribution in [-0.2, 0) is 15.6 Å². The van der Waals surface area contributed by atoms with E-state index in [9.17, 15) is 8.78 Å². The van der Waals surface area contributed by atoms with Gasteiger partial charge in [-0.15, -0.1) is 0 Å². The second kappa shape index (κ2) is 12.0. The Morgan fingerprint density at radius 2 is 1.58 bits per heavy atom. The first kappa shape index (κ1) is 28.5. The van der Waals surface area contributed by atoms with Crippen LogP contribution >= 0.6 is 0 Å². The molecule has 0 bridgehead atoms. The third-order valence-corrected chi connectivity index (χ3v) is 13.4. The molecule has 1 aromatic heterocycles. The van der Waals surface area contributed by atoms with Crippen LogP contribution in [0.1, 0.15) is 45.4 Å². The van der Waals surface area contributed by atoms with Crippen LogP contribution in [0, 0.1) is 11.6 Å². The van der Waals surface area contributed by atoms with Crippen LogP contribution in [-0.4, -0.2) is 34.8 Å². The number of hydrogen-bond acceptors (Lipinski definition) is 4. The number of benzene rings is 1. The molecule has 1 aliphatic rings. The maximum atomic E-state index is 14.8. The van der Waals surface area contributed by atoms with E-state index in [0.29, 0.717) is 17.9 Å². The minimum absolute atomic E-state index is 0.179.